The van der Waals surface area contributed by atoms with E-state index in [4.69, 9.17) is 0 Å². The molecule has 4 rings (SSSR count). The molecule has 2 aromatic rings. The van der Waals surface area contributed by atoms with Crippen LogP contribution in [0.3, 0.4) is 0 Å². The number of hydrogen-bond donors (Lipinski definition) is 1. The highest BCUT2D eigenvalue weighted by atomic mass is 16.2. The highest BCUT2D eigenvalue weighted by Crippen LogP contribution is 2.30. The number of H-pyrrole nitrogens is 1. The number of nitrogens with one attached hydrogen (secondary N) is 1. The lowest BCUT2D eigenvalue weighted by atomic mass is 10.0. The van der Waals surface area contributed by atoms with Gasteiger partial charge in [0.25, 0.3) is 5.91 Å². The van der Waals surface area contributed by atoms with E-state index in [-0.39, 0.29) is 5.91 Å². The first-order chi connectivity index (χ1) is 9.70. The number of fused-ring (bicyclic) bond motifs is 2. The quantitative estimate of drug-likeness (QED) is 0.790. The molecule has 4 heterocycles. The largest absolute Gasteiger partial charge is 0.337 e. The highest BCUT2D eigenvalue weighted by Gasteiger charge is 2.40. The van der Waals surface area contributed by atoms with Crippen molar-refractivity contribution in [2.75, 3.05) is 33.2 Å². The maximum Gasteiger partial charge on any atom is 0.272 e. The average molecular weight is 272 g/mol. The number of aromatic amines is 1. The predicted molar refractivity (Wildman–Crippen MR) is 72.1 cm³/mol. The zero-order valence-corrected chi connectivity index (χ0v) is 11.3. The number of carbonyl (C=O) groups is 1. The zero-order chi connectivity index (χ0) is 13.7. The summed E-state index contributed by atoms with van der Waals surface area (Å²) in [5.74, 6) is 1.23. The Balaban J connectivity index is 1.55. The maximum absolute atomic E-state index is 12.5. The lowest BCUT2D eigenvalue weighted by molar-refractivity contribution is 0.0770. The van der Waals surface area contributed by atoms with Gasteiger partial charge in [-0.25, -0.2) is 4.98 Å². The molecule has 0 saturated carbocycles. The van der Waals surface area contributed by atoms with Gasteiger partial charge < -0.3 is 9.80 Å². The minimum atomic E-state index is 0.00644. The van der Waals surface area contributed by atoms with E-state index < -0.39 is 0 Å². The third-order valence-electron chi connectivity index (χ3n) is 4.36. The van der Waals surface area contributed by atoms with Crippen LogP contribution in [-0.2, 0) is 0 Å². The molecular formula is C13H16N6O. The second-order valence-corrected chi connectivity index (χ2v) is 5.81. The summed E-state index contributed by atoms with van der Waals surface area (Å²) in [4.78, 5) is 21.1. The summed E-state index contributed by atoms with van der Waals surface area (Å²) in [5.41, 5.74) is 1.64. The first-order valence-electron chi connectivity index (χ1n) is 6.86. The van der Waals surface area contributed by atoms with Crippen molar-refractivity contribution in [1.82, 2.24) is 30.2 Å². The summed E-state index contributed by atoms with van der Waals surface area (Å²) in [6.07, 6.45) is 0. The molecule has 0 radical (unpaired) electrons. The fraction of sp³-hybridized carbons (Fsp3) is 0.538. The molecule has 2 aliphatic rings. The van der Waals surface area contributed by atoms with E-state index in [2.05, 4.69) is 32.3 Å². The first kappa shape index (κ1) is 11.8. The van der Waals surface area contributed by atoms with E-state index in [1.165, 1.54) is 0 Å². The second kappa shape index (κ2) is 4.24. The van der Waals surface area contributed by atoms with Crippen molar-refractivity contribution in [3.05, 3.63) is 17.8 Å². The molecular weight excluding hydrogens is 256 g/mol. The number of pyridine rings is 1. The summed E-state index contributed by atoms with van der Waals surface area (Å²) in [6, 6.07) is 3.51. The Bertz CT molecular complexity index is 654. The summed E-state index contributed by atoms with van der Waals surface area (Å²) < 4.78 is 0. The molecule has 1 amide bonds. The Labute approximate surface area is 116 Å². The van der Waals surface area contributed by atoms with Crippen LogP contribution in [0.25, 0.3) is 11.2 Å². The van der Waals surface area contributed by atoms with Gasteiger partial charge in [0.2, 0.25) is 5.65 Å². The highest BCUT2D eigenvalue weighted by molar-refractivity contribution is 5.94. The van der Waals surface area contributed by atoms with Crippen LogP contribution in [0.5, 0.6) is 0 Å². The standard InChI is InChI=1S/C13H16N6O/c1-18-4-8-6-19(7-9(8)5-18)13(20)11-3-2-10-12(14-11)16-17-15-10/h2-3,8-9H,4-7H2,1H3,(H,14,15,16,17). The molecule has 20 heavy (non-hydrogen) atoms. The number of hydrogen-bond acceptors (Lipinski definition) is 5. The summed E-state index contributed by atoms with van der Waals surface area (Å²) in [6.45, 7) is 3.85. The molecule has 2 atom stereocenters. The molecule has 0 aliphatic carbocycles. The number of rotatable bonds is 1. The summed E-state index contributed by atoms with van der Waals surface area (Å²) in [7, 11) is 2.14. The second-order valence-electron chi connectivity index (χ2n) is 5.81. The topological polar surface area (TPSA) is 78.0 Å². The van der Waals surface area contributed by atoms with Crippen molar-refractivity contribution in [2.45, 2.75) is 0 Å². The number of nitrogens with zero attached hydrogens (tertiary/aromatic N) is 5. The minimum Gasteiger partial charge on any atom is -0.337 e. The van der Waals surface area contributed by atoms with Gasteiger partial charge in [-0.3, -0.25) is 4.79 Å². The Morgan fingerprint density at radius 3 is 2.70 bits per heavy atom. The van der Waals surface area contributed by atoms with Gasteiger partial charge in [0.15, 0.2) is 0 Å². The third-order valence-corrected chi connectivity index (χ3v) is 4.36. The van der Waals surface area contributed by atoms with Gasteiger partial charge in [0, 0.05) is 26.2 Å². The number of aromatic nitrogens is 4. The van der Waals surface area contributed by atoms with E-state index in [0.717, 1.165) is 26.2 Å². The SMILES string of the molecule is CN1CC2CN(C(=O)c3ccc4n[nH]nc4n3)CC2C1. The molecule has 1 N–H and O–H groups in total. The predicted octanol–water partition coefficient (Wildman–Crippen LogP) is -0.0135. The van der Waals surface area contributed by atoms with Crippen LogP contribution in [0, 0.1) is 11.8 Å². The smallest absolute Gasteiger partial charge is 0.272 e. The van der Waals surface area contributed by atoms with Crippen LogP contribution in [-0.4, -0.2) is 69.3 Å². The minimum absolute atomic E-state index is 0.00644. The summed E-state index contributed by atoms with van der Waals surface area (Å²) in [5, 5.41) is 10.4. The van der Waals surface area contributed by atoms with Gasteiger partial charge in [0.1, 0.15) is 11.2 Å². The Hall–Kier alpha value is -2.02. The Kier molecular flexibility index (Phi) is 2.50. The molecule has 7 nitrogen and oxygen atoms in total. The lowest BCUT2D eigenvalue weighted by Crippen LogP contribution is -2.32. The van der Waals surface area contributed by atoms with E-state index in [1.54, 1.807) is 12.1 Å². The van der Waals surface area contributed by atoms with E-state index in [9.17, 15) is 4.79 Å². The van der Waals surface area contributed by atoms with Gasteiger partial charge in [-0.05, 0) is 31.0 Å². The van der Waals surface area contributed by atoms with Crippen LogP contribution in [0.2, 0.25) is 0 Å². The van der Waals surface area contributed by atoms with Gasteiger partial charge in [-0.2, -0.15) is 10.3 Å². The maximum atomic E-state index is 12.5. The molecule has 0 spiro atoms. The molecule has 2 saturated heterocycles. The van der Waals surface area contributed by atoms with Crippen molar-refractivity contribution in [2.24, 2.45) is 11.8 Å². The number of carbonyl (C=O) groups excluding carboxylic acids is 1. The van der Waals surface area contributed by atoms with Crippen LogP contribution >= 0.6 is 0 Å². The van der Waals surface area contributed by atoms with Crippen molar-refractivity contribution in [1.29, 1.82) is 0 Å². The van der Waals surface area contributed by atoms with Gasteiger partial charge in [-0.15, -0.1) is 5.10 Å². The van der Waals surface area contributed by atoms with Gasteiger partial charge in [0.05, 0.1) is 0 Å². The Morgan fingerprint density at radius 2 is 1.95 bits per heavy atom. The number of likely N-dealkylation sites (tertiary alicyclic amines) is 2. The molecule has 104 valence electrons. The molecule has 2 aromatic heterocycles. The van der Waals surface area contributed by atoms with E-state index in [1.807, 2.05) is 4.90 Å². The third kappa shape index (κ3) is 1.77. The van der Waals surface area contributed by atoms with Crippen molar-refractivity contribution >= 4 is 17.1 Å². The molecule has 2 aliphatic heterocycles. The lowest BCUT2D eigenvalue weighted by Gasteiger charge is -2.18. The van der Waals surface area contributed by atoms with E-state index in [0.29, 0.717) is 28.7 Å². The fourth-order valence-electron chi connectivity index (χ4n) is 3.41. The molecule has 2 fully saturated rings. The fourth-order valence-corrected chi connectivity index (χ4v) is 3.41. The van der Waals surface area contributed by atoms with E-state index >= 15 is 0 Å². The summed E-state index contributed by atoms with van der Waals surface area (Å²) >= 11 is 0. The van der Waals surface area contributed by atoms with Gasteiger partial charge in [-0.1, -0.05) is 0 Å². The molecule has 7 heteroatoms. The molecule has 0 aromatic carbocycles. The molecule has 0 bridgehead atoms. The monoisotopic (exact) mass is 272 g/mol. The van der Waals surface area contributed by atoms with Crippen LogP contribution in [0.15, 0.2) is 12.1 Å². The first-order valence-corrected chi connectivity index (χ1v) is 6.86. The molecule has 2 unspecified atom stereocenters. The zero-order valence-electron chi connectivity index (χ0n) is 11.3. The van der Waals surface area contributed by atoms with Crippen LogP contribution in [0.1, 0.15) is 10.5 Å². The van der Waals surface area contributed by atoms with Gasteiger partial charge >= 0.3 is 0 Å². The number of amides is 1. The van der Waals surface area contributed by atoms with Crippen molar-refractivity contribution < 1.29 is 4.79 Å². The normalized spacial score (nSPS) is 26.4. The van der Waals surface area contributed by atoms with Crippen molar-refractivity contribution in [3.63, 3.8) is 0 Å². The van der Waals surface area contributed by atoms with Crippen LogP contribution in [0.4, 0.5) is 0 Å². The van der Waals surface area contributed by atoms with Crippen LogP contribution < -0.4 is 0 Å². The van der Waals surface area contributed by atoms with Crippen molar-refractivity contribution in [3.8, 4) is 0 Å². The Morgan fingerprint density at radius 1 is 1.20 bits per heavy atom. The average Bonchev–Trinajstić information content (AvgIpc) is 3.09.